The fourth-order valence-corrected chi connectivity index (χ4v) is 2.57. The van der Waals surface area contributed by atoms with Crippen LogP contribution in [0, 0.1) is 0 Å². The number of amides is 1. The second-order valence-electron chi connectivity index (χ2n) is 5.18. The van der Waals surface area contributed by atoms with Gasteiger partial charge in [-0.25, -0.2) is 0 Å². The molecule has 0 spiro atoms. The summed E-state index contributed by atoms with van der Waals surface area (Å²) in [6.07, 6.45) is 0.807. The molecule has 3 aromatic rings. The van der Waals surface area contributed by atoms with Crippen LogP contribution in [0.2, 0.25) is 5.02 Å². The van der Waals surface area contributed by atoms with E-state index in [2.05, 4.69) is 15.6 Å². The van der Waals surface area contributed by atoms with E-state index in [4.69, 9.17) is 17.3 Å². The normalized spacial score (nSPS) is 10.6. The number of benzene rings is 2. The number of hydrogen-bond donors (Lipinski definition) is 2. The summed E-state index contributed by atoms with van der Waals surface area (Å²) in [6.45, 7) is 2.02. The van der Waals surface area contributed by atoms with E-state index in [0.29, 0.717) is 10.7 Å². The lowest BCUT2D eigenvalue weighted by Gasteiger charge is -2.08. The molecule has 1 heterocycles. The molecule has 0 unspecified atom stereocenters. The monoisotopic (exact) mass is 341 g/mol. The molecule has 0 aliphatic heterocycles. The second kappa shape index (κ2) is 6.72. The van der Waals surface area contributed by atoms with Crippen molar-refractivity contribution >= 4 is 29.0 Å². The Kier molecular flexibility index (Phi) is 4.48. The van der Waals surface area contributed by atoms with Gasteiger partial charge in [0.2, 0.25) is 0 Å². The van der Waals surface area contributed by atoms with Crippen molar-refractivity contribution in [1.29, 1.82) is 0 Å². The summed E-state index contributed by atoms with van der Waals surface area (Å²) in [4.78, 5) is 12.5. The van der Waals surface area contributed by atoms with Gasteiger partial charge in [-0.2, -0.15) is 4.68 Å². The van der Waals surface area contributed by atoms with Gasteiger partial charge in [0.15, 0.2) is 11.5 Å². The first kappa shape index (κ1) is 16.0. The maximum absolute atomic E-state index is 12.5. The highest BCUT2D eigenvalue weighted by atomic mass is 35.5. The third-order valence-electron chi connectivity index (χ3n) is 3.62. The topological polar surface area (TPSA) is 85.8 Å². The SMILES string of the molecule is CCc1ccccc1NC(=O)c1nnn(-c2cccc(Cl)c2)c1N. The van der Waals surface area contributed by atoms with E-state index in [0.717, 1.165) is 17.7 Å². The number of halogens is 1. The minimum atomic E-state index is -0.401. The average molecular weight is 342 g/mol. The number of anilines is 2. The van der Waals surface area contributed by atoms with Crippen LogP contribution in [0.4, 0.5) is 11.5 Å². The average Bonchev–Trinajstić information content (AvgIpc) is 2.97. The van der Waals surface area contributed by atoms with E-state index in [-0.39, 0.29) is 11.5 Å². The van der Waals surface area contributed by atoms with Crippen molar-refractivity contribution in [2.24, 2.45) is 0 Å². The molecular weight excluding hydrogens is 326 g/mol. The first-order valence-electron chi connectivity index (χ1n) is 7.46. The van der Waals surface area contributed by atoms with Crippen LogP contribution in [0.25, 0.3) is 5.69 Å². The fraction of sp³-hybridized carbons (Fsp3) is 0.118. The molecule has 0 bridgehead atoms. The third kappa shape index (κ3) is 3.09. The molecule has 6 nitrogen and oxygen atoms in total. The molecule has 1 amide bonds. The Balaban J connectivity index is 1.89. The Hall–Kier alpha value is -2.86. The molecular formula is C17H16ClN5O. The van der Waals surface area contributed by atoms with Gasteiger partial charge >= 0.3 is 0 Å². The van der Waals surface area contributed by atoms with Gasteiger partial charge in [-0.3, -0.25) is 4.79 Å². The number of para-hydroxylation sites is 1. The predicted octanol–water partition coefficient (Wildman–Crippen LogP) is 3.32. The number of nitrogens with two attached hydrogens (primary N) is 1. The number of aromatic nitrogens is 3. The molecule has 0 saturated heterocycles. The van der Waals surface area contributed by atoms with Gasteiger partial charge in [0.1, 0.15) is 0 Å². The van der Waals surface area contributed by atoms with Crippen molar-refractivity contribution < 1.29 is 4.79 Å². The summed E-state index contributed by atoms with van der Waals surface area (Å²) in [5, 5.41) is 11.2. The molecule has 0 radical (unpaired) electrons. The van der Waals surface area contributed by atoms with Gasteiger partial charge in [-0.05, 0) is 36.2 Å². The molecule has 3 rings (SSSR count). The minimum absolute atomic E-state index is 0.0703. The van der Waals surface area contributed by atoms with Gasteiger partial charge in [0.05, 0.1) is 5.69 Å². The molecule has 0 aliphatic rings. The van der Waals surface area contributed by atoms with E-state index in [1.807, 2.05) is 31.2 Å². The van der Waals surface area contributed by atoms with Crippen molar-refractivity contribution in [1.82, 2.24) is 15.0 Å². The van der Waals surface area contributed by atoms with Crippen LogP contribution in [0.3, 0.4) is 0 Å². The summed E-state index contributed by atoms with van der Waals surface area (Å²) in [6, 6.07) is 14.6. The molecule has 3 N–H and O–H groups in total. The maximum atomic E-state index is 12.5. The summed E-state index contributed by atoms with van der Waals surface area (Å²) in [5.41, 5.74) is 8.53. The number of carbonyl (C=O) groups is 1. The lowest BCUT2D eigenvalue weighted by molar-refractivity contribution is 0.102. The standard InChI is InChI=1S/C17H16ClN5O/c1-2-11-6-3-4-9-14(11)20-17(24)15-16(19)23(22-21-15)13-8-5-7-12(18)10-13/h3-10H,2,19H2,1H3,(H,20,24). The number of nitrogens with one attached hydrogen (secondary N) is 1. The summed E-state index contributed by atoms with van der Waals surface area (Å²) >= 11 is 5.98. The first-order chi connectivity index (χ1) is 11.6. The van der Waals surface area contributed by atoms with Crippen LogP contribution >= 0.6 is 11.6 Å². The Labute approximate surface area is 144 Å². The lowest BCUT2D eigenvalue weighted by atomic mass is 10.1. The number of nitrogen functional groups attached to an aromatic ring is 1. The van der Waals surface area contributed by atoms with E-state index in [9.17, 15) is 4.79 Å². The van der Waals surface area contributed by atoms with Crippen LogP contribution in [0.5, 0.6) is 0 Å². The van der Waals surface area contributed by atoms with Crippen LogP contribution < -0.4 is 11.1 Å². The zero-order valence-electron chi connectivity index (χ0n) is 13.0. The minimum Gasteiger partial charge on any atom is -0.382 e. The van der Waals surface area contributed by atoms with Gasteiger partial charge in [-0.15, -0.1) is 5.10 Å². The zero-order valence-corrected chi connectivity index (χ0v) is 13.8. The van der Waals surface area contributed by atoms with Crippen LogP contribution in [-0.4, -0.2) is 20.9 Å². The molecule has 7 heteroatoms. The quantitative estimate of drug-likeness (QED) is 0.762. The van der Waals surface area contributed by atoms with Gasteiger partial charge < -0.3 is 11.1 Å². The largest absolute Gasteiger partial charge is 0.382 e. The highest BCUT2D eigenvalue weighted by molar-refractivity contribution is 6.30. The number of carbonyl (C=O) groups excluding carboxylic acids is 1. The predicted molar refractivity (Wildman–Crippen MR) is 94.6 cm³/mol. The van der Waals surface area contributed by atoms with Crippen LogP contribution in [0.1, 0.15) is 23.0 Å². The van der Waals surface area contributed by atoms with E-state index < -0.39 is 5.91 Å². The summed E-state index contributed by atoms with van der Waals surface area (Å²) in [7, 11) is 0. The zero-order chi connectivity index (χ0) is 17.1. The maximum Gasteiger partial charge on any atom is 0.280 e. The Morgan fingerprint density at radius 2 is 2.04 bits per heavy atom. The summed E-state index contributed by atoms with van der Waals surface area (Å²) < 4.78 is 1.38. The third-order valence-corrected chi connectivity index (χ3v) is 3.85. The van der Waals surface area contributed by atoms with Crippen molar-refractivity contribution in [2.45, 2.75) is 13.3 Å². The molecule has 1 aromatic heterocycles. The van der Waals surface area contributed by atoms with Gasteiger partial charge in [0, 0.05) is 10.7 Å². The molecule has 24 heavy (non-hydrogen) atoms. The van der Waals surface area contributed by atoms with Crippen LogP contribution in [-0.2, 0) is 6.42 Å². The molecule has 2 aromatic carbocycles. The molecule has 0 fully saturated rings. The van der Waals surface area contributed by atoms with Crippen molar-refractivity contribution in [3.05, 3.63) is 64.8 Å². The molecule has 0 aliphatic carbocycles. The fourth-order valence-electron chi connectivity index (χ4n) is 2.38. The van der Waals surface area contributed by atoms with E-state index in [1.165, 1.54) is 4.68 Å². The second-order valence-corrected chi connectivity index (χ2v) is 5.62. The van der Waals surface area contributed by atoms with E-state index >= 15 is 0 Å². The lowest BCUT2D eigenvalue weighted by Crippen LogP contribution is -2.16. The molecule has 122 valence electrons. The number of nitrogens with zero attached hydrogens (tertiary/aromatic N) is 3. The highest BCUT2D eigenvalue weighted by Crippen LogP contribution is 2.21. The Morgan fingerprint density at radius 3 is 2.79 bits per heavy atom. The van der Waals surface area contributed by atoms with Crippen molar-refractivity contribution in [3.8, 4) is 5.69 Å². The molecule has 0 saturated carbocycles. The van der Waals surface area contributed by atoms with Crippen molar-refractivity contribution in [2.75, 3.05) is 11.1 Å². The Morgan fingerprint density at radius 1 is 1.25 bits per heavy atom. The number of hydrogen-bond acceptors (Lipinski definition) is 4. The summed E-state index contributed by atoms with van der Waals surface area (Å²) in [5.74, 6) is -0.245. The molecule has 0 atom stereocenters. The first-order valence-corrected chi connectivity index (χ1v) is 7.84. The van der Waals surface area contributed by atoms with Crippen molar-refractivity contribution in [3.63, 3.8) is 0 Å². The van der Waals surface area contributed by atoms with Gasteiger partial charge in [0.25, 0.3) is 5.91 Å². The smallest absolute Gasteiger partial charge is 0.280 e. The van der Waals surface area contributed by atoms with Gasteiger partial charge in [-0.1, -0.05) is 48.0 Å². The van der Waals surface area contributed by atoms with E-state index in [1.54, 1.807) is 24.3 Å². The number of aryl methyl sites for hydroxylation is 1. The van der Waals surface area contributed by atoms with Crippen LogP contribution in [0.15, 0.2) is 48.5 Å². The highest BCUT2D eigenvalue weighted by Gasteiger charge is 2.19. The Bertz CT molecular complexity index is 890. The number of rotatable bonds is 4.